The van der Waals surface area contributed by atoms with Crippen molar-refractivity contribution in [3.05, 3.63) is 23.9 Å². The second-order valence-electron chi connectivity index (χ2n) is 3.77. The lowest BCUT2D eigenvalue weighted by molar-refractivity contribution is 0.199. The SMILES string of the molecule is CC(CO)N(C)c1ccc([C@@H](C)O)cn1. The van der Waals surface area contributed by atoms with Crippen LogP contribution in [0.15, 0.2) is 18.3 Å². The molecule has 0 bridgehead atoms. The maximum Gasteiger partial charge on any atom is 0.128 e. The van der Waals surface area contributed by atoms with E-state index in [0.29, 0.717) is 0 Å². The van der Waals surface area contributed by atoms with Crippen molar-refractivity contribution in [2.24, 2.45) is 0 Å². The van der Waals surface area contributed by atoms with Gasteiger partial charge < -0.3 is 15.1 Å². The van der Waals surface area contributed by atoms with Crippen LogP contribution in [0.4, 0.5) is 5.82 Å². The lowest BCUT2D eigenvalue weighted by Gasteiger charge is -2.24. The predicted octanol–water partition coefficient (Wildman–Crippen LogP) is 0.952. The van der Waals surface area contributed by atoms with E-state index in [9.17, 15) is 5.11 Å². The van der Waals surface area contributed by atoms with E-state index < -0.39 is 6.10 Å². The van der Waals surface area contributed by atoms with Gasteiger partial charge >= 0.3 is 0 Å². The summed E-state index contributed by atoms with van der Waals surface area (Å²) in [6.45, 7) is 3.72. The number of anilines is 1. The third-order valence-electron chi connectivity index (χ3n) is 2.54. The van der Waals surface area contributed by atoms with Crippen LogP contribution in [0.1, 0.15) is 25.5 Å². The number of likely N-dealkylation sites (N-methyl/N-ethyl adjacent to an activating group) is 1. The van der Waals surface area contributed by atoms with Crippen LogP contribution in [0.2, 0.25) is 0 Å². The first-order valence-electron chi connectivity index (χ1n) is 5.04. The average molecular weight is 210 g/mol. The molecule has 0 aliphatic carbocycles. The van der Waals surface area contributed by atoms with Crippen LogP contribution < -0.4 is 4.90 Å². The topological polar surface area (TPSA) is 56.6 Å². The Kier molecular flexibility index (Phi) is 4.05. The maximum absolute atomic E-state index is 9.31. The first-order chi connectivity index (χ1) is 7.06. The molecule has 0 spiro atoms. The molecule has 0 aromatic carbocycles. The summed E-state index contributed by atoms with van der Waals surface area (Å²) in [6.07, 6.45) is 1.16. The van der Waals surface area contributed by atoms with Crippen LogP contribution in [-0.2, 0) is 0 Å². The fraction of sp³-hybridized carbons (Fsp3) is 0.545. The van der Waals surface area contributed by atoms with Gasteiger partial charge in [-0.25, -0.2) is 4.98 Å². The lowest BCUT2D eigenvalue weighted by Crippen LogP contribution is -2.32. The van der Waals surface area contributed by atoms with Gasteiger partial charge in [-0.15, -0.1) is 0 Å². The Hall–Kier alpha value is -1.13. The van der Waals surface area contributed by atoms with E-state index >= 15 is 0 Å². The zero-order valence-electron chi connectivity index (χ0n) is 9.38. The fourth-order valence-corrected chi connectivity index (χ4v) is 1.20. The average Bonchev–Trinajstić information content (AvgIpc) is 2.27. The summed E-state index contributed by atoms with van der Waals surface area (Å²) in [6, 6.07) is 3.72. The van der Waals surface area contributed by atoms with E-state index in [0.717, 1.165) is 11.4 Å². The third-order valence-corrected chi connectivity index (χ3v) is 2.54. The molecule has 0 amide bonds. The molecular weight excluding hydrogens is 192 g/mol. The summed E-state index contributed by atoms with van der Waals surface area (Å²) < 4.78 is 0. The van der Waals surface area contributed by atoms with E-state index in [1.165, 1.54) is 0 Å². The molecule has 1 aromatic heterocycles. The Labute approximate surface area is 90.2 Å². The highest BCUT2D eigenvalue weighted by Crippen LogP contribution is 2.16. The van der Waals surface area contributed by atoms with Gasteiger partial charge in [0.05, 0.1) is 18.8 Å². The molecule has 0 saturated heterocycles. The van der Waals surface area contributed by atoms with Crippen molar-refractivity contribution in [2.75, 3.05) is 18.6 Å². The minimum absolute atomic E-state index is 0.0369. The molecule has 15 heavy (non-hydrogen) atoms. The number of nitrogens with zero attached hydrogens (tertiary/aromatic N) is 2. The van der Waals surface area contributed by atoms with Crippen LogP contribution in [-0.4, -0.2) is 34.9 Å². The Morgan fingerprint density at radius 1 is 1.40 bits per heavy atom. The molecule has 4 nitrogen and oxygen atoms in total. The number of pyridine rings is 1. The van der Waals surface area contributed by atoms with Gasteiger partial charge in [-0.2, -0.15) is 0 Å². The van der Waals surface area contributed by atoms with Crippen LogP contribution in [0.5, 0.6) is 0 Å². The third kappa shape index (κ3) is 2.91. The number of aliphatic hydroxyl groups is 2. The molecule has 2 atom stereocenters. The minimum atomic E-state index is -0.493. The van der Waals surface area contributed by atoms with Gasteiger partial charge in [-0.3, -0.25) is 0 Å². The summed E-state index contributed by atoms with van der Waals surface area (Å²) in [4.78, 5) is 6.12. The highest BCUT2D eigenvalue weighted by molar-refractivity contribution is 5.39. The number of hydrogen-bond donors (Lipinski definition) is 2. The molecule has 0 fully saturated rings. The number of rotatable bonds is 4. The zero-order chi connectivity index (χ0) is 11.4. The summed E-state index contributed by atoms with van der Waals surface area (Å²) in [7, 11) is 1.88. The molecule has 4 heteroatoms. The van der Waals surface area contributed by atoms with Crippen molar-refractivity contribution in [3.63, 3.8) is 0 Å². The summed E-state index contributed by atoms with van der Waals surface area (Å²) >= 11 is 0. The minimum Gasteiger partial charge on any atom is -0.394 e. The van der Waals surface area contributed by atoms with E-state index in [2.05, 4.69) is 4.98 Å². The second kappa shape index (κ2) is 5.09. The van der Waals surface area contributed by atoms with Gasteiger partial charge in [0.1, 0.15) is 5.82 Å². The number of aromatic nitrogens is 1. The molecule has 0 aliphatic heterocycles. The first kappa shape index (κ1) is 11.9. The van der Waals surface area contributed by atoms with Crippen LogP contribution >= 0.6 is 0 Å². The Morgan fingerprint density at radius 2 is 2.07 bits per heavy atom. The zero-order valence-corrected chi connectivity index (χ0v) is 9.38. The molecular formula is C11H18N2O2. The Morgan fingerprint density at radius 3 is 2.47 bits per heavy atom. The van der Waals surface area contributed by atoms with E-state index in [1.807, 2.05) is 31.0 Å². The Bertz CT molecular complexity index is 298. The van der Waals surface area contributed by atoms with Gasteiger partial charge in [0.2, 0.25) is 0 Å². The van der Waals surface area contributed by atoms with Gasteiger partial charge in [-0.1, -0.05) is 6.07 Å². The predicted molar refractivity (Wildman–Crippen MR) is 59.8 cm³/mol. The summed E-state index contributed by atoms with van der Waals surface area (Å²) in [5.41, 5.74) is 0.795. The van der Waals surface area contributed by atoms with Crippen molar-refractivity contribution >= 4 is 5.82 Å². The summed E-state index contributed by atoms with van der Waals surface area (Å²) in [5, 5.41) is 18.3. The molecule has 0 aliphatic rings. The molecule has 1 unspecified atom stereocenters. The van der Waals surface area contributed by atoms with Crippen LogP contribution in [0.3, 0.4) is 0 Å². The van der Waals surface area contributed by atoms with Crippen molar-refractivity contribution in [2.45, 2.75) is 26.0 Å². The number of hydrogen-bond acceptors (Lipinski definition) is 4. The lowest BCUT2D eigenvalue weighted by atomic mass is 10.2. The maximum atomic E-state index is 9.31. The molecule has 0 radical (unpaired) electrons. The molecule has 1 heterocycles. The van der Waals surface area contributed by atoms with Gasteiger partial charge in [0, 0.05) is 13.2 Å². The van der Waals surface area contributed by atoms with Gasteiger partial charge in [-0.05, 0) is 25.5 Å². The molecule has 84 valence electrons. The largest absolute Gasteiger partial charge is 0.394 e. The van der Waals surface area contributed by atoms with Crippen LogP contribution in [0, 0.1) is 0 Å². The normalized spacial score (nSPS) is 14.7. The smallest absolute Gasteiger partial charge is 0.128 e. The van der Waals surface area contributed by atoms with Crippen molar-refractivity contribution < 1.29 is 10.2 Å². The summed E-state index contributed by atoms with van der Waals surface area (Å²) in [5.74, 6) is 0.793. The van der Waals surface area contributed by atoms with Crippen molar-refractivity contribution in [3.8, 4) is 0 Å². The quantitative estimate of drug-likeness (QED) is 0.777. The highest BCUT2D eigenvalue weighted by atomic mass is 16.3. The van der Waals surface area contributed by atoms with Crippen LogP contribution in [0.25, 0.3) is 0 Å². The monoisotopic (exact) mass is 210 g/mol. The molecule has 0 saturated carbocycles. The molecule has 1 aromatic rings. The van der Waals surface area contributed by atoms with Crippen molar-refractivity contribution in [1.82, 2.24) is 4.98 Å². The highest BCUT2D eigenvalue weighted by Gasteiger charge is 2.10. The second-order valence-corrected chi connectivity index (χ2v) is 3.77. The fourth-order valence-electron chi connectivity index (χ4n) is 1.20. The number of aliphatic hydroxyl groups excluding tert-OH is 2. The molecule has 2 N–H and O–H groups in total. The first-order valence-corrected chi connectivity index (χ1v) is 5.04. The Balaban J connectivity index is 2.79. The standard InChI is InChI=1S/C11H18N2O2/c1-8(7-14)13(3)11-5-4-10(6-12-11)9(2)15/h4-6,8-9,14-15H,7H2,1-3H3/t8?,9-/m1/s1. The van der Waals surface area contributed by atoms with Crippen molar-refractivity contribution in [1.29, 1.82) is 0 Å². The van der Waals surface area contributed by atoms with E-state index in [4.69, 9.17) is 5.11 Å². The van der Waals surface area contributed by atoms with E-state index in [-0.39, 0.29) is 12.6 Å². The van der Waals surface area contributed by atoms with E-state index in [1.54, 1.807) is 13.1 Å². The van der Waals surface area contributed by atoms with Gasteiger partial charge in [0.15, 0.2) is 0 Å². The molecule has 1 rings (SSSR count). The van der Waals surface area contributed by atoms with Gasteiger partial charge in [0.25, 0.3) is 0 Å².